The maximum atomic E-state index is 12.1. The van der Waals surface area contributed by atoms with Gasteiger partial charge in [-0.15, -0.1) is 0 Å². The van der Waals surface area contributed by atoms with E-state index in [2.05, 4.69) is 0 Å². The maximum Gasteiger partial charge on any atom is 0.185 e. The molecule has 2 nitrogen and oxygen atoms in total. The lowest BCUT2D eigenvalue weighted by Crippen LogP contribution is -1.93. The van der Waals surface area contributed by atoms with Crippen LogP contribution in [0.4, 0.5) is 0 Å². The van der Waals surface area contributed by atoms with E-state index in [1.165, 1.54) is 6.08 Å². The van der Waals surface area contributed by atoms with E-state index in [0.717, 1.165) is 22.5 Å². The predicted octanol–water partition coefficient (Wildman–Crippen LogP) is 6.11. The summed E-state index contributed by atoms with van der Waals surface area (Å²) in [5, 5.41) is 0.704. The van der Waals surface area contributed by atoms with Crippen LogP contribution in [0.25, 0.3) is 17.4 Å². The smallest absolute Gasteiger partial charge is 0.185 e. The van der Waals surface area contributed by atoms with Gasteiger partial charge in [0.25, 0.3) is 0 Å². The number of carbonyl (C=O) groups is 1. The topological polar surface area (TPSA) is 30.2 Å². The van der Waals surface area contributed by atoms with Crippen molar-refractivity contribution in [2.75, 3.05) is 0 Å². The number of aryl methyl sites for hydroxylation is 2. The fourth-order valence-corrected chi connectivity index (χ4v) is 2.50. The van der Waals surface area contributed by atoms with Crippen molar-refractivity contribution in [2.24, 2.45) is 0 Å². The fraction of sp³-hybridized carbons (Fsp3) is 0.0952. The van der Waals surface area contributed by atoms with Gasteiger partial charge in [-0.05, 0) is 49.8 Å². The van der Waals surface area contributed by atoms with E-state index < -0.39 is 0 Å². The van der Waals surface area contributed by atoms with Crippen LogP contribution in [0.2, 0.25) is 5.02 Å². The van der Waals surface area contributed by atoms with Crippen LogP contribution in [0.1, 0.15) is 27.2 Å². The summed E-state index contributed by atoms with van der Waals surface area (Å²) in [7, 11) is 0. The molecular formula is C21H17ClO2. The summed E-state index contributed by atoms with van der Waals surface area (Å²) < 4.78 is 5.77. The lowest BCUT2D eigenvalue weighted by molar-refractivity contribution is 0.104. The minimum atomic E-state index is -0.0497. The molecule has 0 spiro atoms. The number of hydrogen-bond acceptors (Lipinski definition) is 2. The number of hydrogen-bond donors (Lipinski definition) is 0. The Kier molecular flexibility index (Phi) is 4.68. The Labute approximate surface area is 146 Å². The van der Waals surface area contributed by atoms with Crippen molar-refractivity contribution >= 4 is 23.5 Å². The molecule has 0 bridgehead atoms. The second-order valence-electron chi connectivity index (χ2n) is 5.73. The van der Waals surface area contributed by atoms with E-state index in [-0.39, 0.29) is 5.78 Å². The molecule has 0 N–H and O–H groups in total. The Morgan fingerprint density at radius 3 is 2.46 bits per heavy atom. The molecule has 24 heavy (non-hydrogen) atoms. The molecule has 0 amide bonds. The van der Waals surface area contributed by atoms with E-state index in [9.17, 15) is 4.79 Å². The van der Waals surface area contributed by atoms with Gasteiger partial charge in [-0.3, -0.25) is 4.79 Å². The van der Waals surface area contributed by atoms with Gasteiger partial charge in [0.15, 0.2) is 5.78 Å². The largest absolute Gasteiger partial charge is 0.457 e. The summed E-state index contributed by atoms with van der Waals surface area (Å²) in [6.07, 6.45) is 3.21. The van der Waals surface area contributed by atoms with Gasteiger partial charge in [0, 0.05) is 16.1 Å². The molecule has 1 aromatic heterocycles. The average molecular weight is 337 g/mol. The molecule has 3 aromatic rings. The number of rotatable bonds is 4. The van der Waals surface area contributed by atoms with Crippen LogP contribution in [-0.4, -0.2) is 5.78 Å². The Morgan fingerprint density at radius 1 is 1.00 bits per heavy atom. The average Bonchev–Trinajstić information content (AvgIpc) is 3.05. The summed E-state index contributed by atoms with van der Waals surface area (Å²) in [6.45, 7) is 3.95. The molecule has 1 heterocycles. The third-order valence-corrected chi connectivity index (χ3v) is 4.23. The highest BCUT2D eigenvalue weighted by Crippen LogP contribution is 2.27. The van der Waals surface area contributed by atoms with Gasteiger partial charge in [0.1, 0.15) is 11.5 Å². The number of benzene rings is 2. The zero-order valence-electron chi connectivity index (χ0n) is 13.5. The predicted molar refractivity (Wildman–Crippen MR) is 98.4 cm³/mol. The molecule has 0 saturated carbocycles. The first-order valence-electron chi connectivity index (χ1n) is 7.68. The summed E-state index contributed by atoms with van der Waals surface area (Å²) in [6, 6.07) is 17.0. The van der Waals surface area contributed by atoms with Crippen molar-refractivity contribution in [3.05, 3.63) is 88.1 Å². The second kappa shape index (κ2) is 6.90. The summed E-state index contributed by atoms with van der Waals surface area (Å²) >= 11 is 6.15. The van der Waals surface area contributed by atoms with Crippen LogP contribution in [-0.2, 0) is 0 Å². The highest BCUT2D eigenvalue weighted by molar-refractivity contribution is 6.31. The third-order valence-electron chi connectivity index (χ3n) is 3.82. The highest BCUT2D eigenvalue weighted by atomic mass is 35.5. The molecule has 0 saturated heterocycles. The molecule has 0 fully saturated rings. The normalized spacial score (nSPS) is 11.1. The van der Waals surface area contributed by atoms with Gasteiger partial charge in [0.2, 0.25) is 0 Å². The van der Waals surface area contributed by atoms with Crippen molar-refractivity contribution in [1.82, 2.24) is 0 Å². The van der Waals surface area contributed by atoms with Crippen molar-refractivity contribution < 1.29 is 9.21 Å². The molecule has 0 atom stereocenters. The molecule has 2 aromatic carbocycles. The van der Waals surface area contributed by atoms with E-state index in [4.69, 9.17) is 16.0 Å². The first kappa shape index (κ1) is 16.3. The molecule has 120 valence electrons. The Morgan fingerprint density at radius 2 is 1.75 bits per heavy atom. The second-order valence-corrected chi connectivity index (χ2v) is 6.14. The Bertz CT molecular complexity index is 902. The standard InChI is InChI=1S/C21H17ClO2/c1-14-3-6-16(7-4-14)20(23)11-9-18-10-12-21(24-18)17-8-5-15(2)19(22)13-17/h3-13H,1-2H3. The summed E-state index contributed by atoms with van der Waals surface area (Å²) in [5.74, 6) is 1.30. The van der Waals surface area contributed by atoms with E-state index in [1.54, 1.807) is 6.08 Å². The molecule has 3 rings (SSSR count). The fourth-order valence-electron chi connectivity index (χ4n) is 2.32. The van der Waals surface area contributed by atoms with Gasteiger partial charge in [-0.25, -0.2) is 0 Å². The van der Waals surface area contributed by atoms with Gasteiger partial charge in [0.05, 0.1) is 0 Å². The van der Waals surface area contributed by atoms with Crippen LogP contribution < -0.4 is 0 Å². The number of furan rings is 1. The lowest BCUT2D eigenvalue weighted by atomic mass is 10.1. The SMILES string of the molecule is Cc1ccc(C(=O)C=Cc2ccc(-c3ccc(C)c(Cl)c3)o2)cc1. The molecule has 0 aliphatic rings. The van der Waals surface area contributed by atoms with Crippen LogP contribution in [0.5, 0.6) is 0 Å². The van der Waals surface area contributed by atoms with E-state index in [1.807, 2.05) is 68.4 Å². The lowest BCUT2D eigenvalue weighted by Gasteiger charge is -2.00. The number of halogens is 1. The minimum absolute atomic E-state index is 0.0497. The first-order chi connectivity index (χ1) is 11.5. The van der Waals surface area contributed by atoms with E-state index >= 15 is 0 Å². The Hall–Kier alpha value is -2.58. The molecule has 0 aliphatic carbocycles. The monoisotopic (exact) mass is 336 g/mol. The maximum absolute atomic E-state index is 12.1. The summed E-state index contributed by atoms with van der Waals surface area (Å²) in [4.78, 5) is 12.1. The van der Waals surface area contributed by atoms with Crippen molar-refractivity contribution in [3.8, 4) is 11.3 Å². The number of allylic oxidation sites excluding steroid dienone is 1. The van der Waals surface area contributed by atoms with Crippen LogP contribution in [0.15, 0.2) is 65.1 Å². The van der Waals surface area contributed by atoms with Crippen molar-refractivity contribution in [1.29, 1.82) is 0 Å². The molecular weight excluding hydrogens is 320 g/mol. The van der Waals surface area contributed by atoms with Crippen LogP contribution in [0.3, 0.4) is 0 Å². The zero-order valence-corrected chi connectivity index (χ0v) is 14.3. The number of carbonyl (C=O) groups excluding carboxylic acids is 1. The molecule has 0 radical (unpaired) electrons. The van der Waals surface area contributed by atoms with Gasteiger partial charge < -0.3 is 4.42 Å². The van der Waals surface area contributed by atoms with E-state index in [0.29, 0.717) is 16.3 Å². The third kappa shape index (κ3) is 3.66. The summed E-state index contributed by atoms with van der Waals surface area (Å²) in [5.41, 5.74) is 3.72. The molecule has 3 heteroatoms. The molecule has 0 unspecified atom stereocenters. The van der Waals surface area contributed by atoms with Gasteiger partial charge in [-0.1, -0.05) is 53.6 Å². The zero-order chi connectivity index (χ0) is 17.1. The van der Waals surface area contributed by atoms with Gasteiger partial charge >= 0.3 is 0 Å². The minimum Gasteiger partial charge on any atom is -0.457 e. The van der Waals surface area contributed by atoms with Crippen molar-refractivity contribution in [2.45, 2.75) is 13.8 Å². The Balaban J connectivity index is 1.77. The van der Waals surface area contributed by atoms with Gasteiger partial charge in [-0.2, -0.15) is 0 Å². The first-order valence-corrected chi connectivity index (χ1v) is 8.06. The van der Waals surface area contributed by atoms with Crippen LogP contribution in [0, 0.1) is 13.8 Å². The van der Waals surface area contributed by atoms with Crippen LogP contribution >= 0.6 is 11.6 Å². The quantitative estimate of drug-likeness (QED) is 0.425. The molecule has 0 aliphatic heterocycles. The van der Waals surface area contributed by atoms with Crippen molar-refractivity contribution in [3.63, 3.8) is 0 Å². The number of ketones is 1. The highest BCUT2D eigenvalue weighted by Gasteiger charge is 2.06.